The number of para-hydroxylation sites is 1. The third kappa shape index (κ3) is 4.78. The van der Waals surface area contributed by atoms with E-state index in [0.717, 1.165) is 11.3 Å². The summed E-state index contributed by atoms with van der Waals surface area (Å²) in [6.07, 6.45) is 0. The van der Waals surface area contributed by atoms with Crippen LogP contribution in [-0.2, 0) is 6.54 Å². The van der Waals surface area contributed by atoms with Crippen LogP contribution >= 0.6 is 15.9 Å². The van der Waals surface area contributed by atoms with Crippen molar-refractivity contribution in [1.29, 1.82) is 0 Å². The standard InChI is InChI=1S/C22H19BrN2O3/c1-28-16-12-10-15(11-13-16)14-24-21(26)18-7-3-5-9-20(18)25-22(27)17-6-2-4-8-19(17)23/h2-13H,14H2,1H3,(H,24,26)(H,25,27). The molecule has 28 heavy (non-hydrogen) atoms. The van der Waals surface area contributed by atoms with Gasteiger partial charge >= 0.3 is 0 Å². The Bertz CT molecular complexity index is 987. The van der Waals surface area contributed by atoms with Crippen LogP contribution in [0.3, 0.4) is 0 Å². The Labute approximate surface area is 171 Å². The molecule has 0 aromatic heterocycles. The van der Waals surface area contributed by atoms with Gasteiger partial charge in [-0.25, -0.2) is 0 Å². The fourth-order valence-corrected chi connectivity index (χ4v) is 3.11. The molecule has 3 rings (SSSR count). The third-order valence-electron chi connectivity index (χ3n) is 4.15. The quantitative estimate of drug-likeness (QED) is 0.588. The van der Waals surface area contributed by atoms with Crippen LogP contribution in [-0.4, -0.2) is 18.9 Å². The largest absolute Gasteiger partial charge is 0.497 e. The minimum Gasteiger partial charge on any atom is -0.497 e. The number of hydrogen-bond donors (Lipinski definition) is 2. The molecular formula is C22H19BrN2O3. The molecule has 0 aliphatic carbocycles. The molecule has 0 spiro atoms. The second-order valence-electron chi connectivity index (χ2n) is 6.01. The SMILES string of the molecule is COc1ccc(CNC(=O)c2ccccc2NC(=O)c2ccccc2Br)cc1. The average Bonchev–Trinajstić information content (AvgIpc) is 2.73. The molecule has 0 bridgehead atoms. The molecule has 3 aromatic carbocycles. The Balaban J connectivity index is 1.71. The Kier molecular flexibility index (Phi) is 6.45. The first-order valence-corrected chi connectivity index (χ1v) is 9.44. The van der Waals surface area contributed by atoms with Crippen molar-refractivity contribution in [3.63, 3.8) is 0 Å². The summed E-state index contributed by atoms with van der Waals surface area (Å²) >= 11 is 3.37. The number of methoxy groups -OCH3 is 1. The van der Waals surface area contributed by atoms with Crippen LogP contribution in [0.2, 0.25) is 0 Å². The minimum atomic E-state index is -0.289. The van der Waals surface area contributed by atoms with E-state index in [4.69, 9.17) is 4.74 Å². The van der Waals surface area contributed by atoms with Crippen LogP contribution < -0.4 is 15.4 Å². The zero-order valence-corrected chi connectivity index (χ0v) is 16.8. The van der Waals surface area contributed by atoms with Gasteiger partial charge < -0.3 is 15.4 Å². The summed E-state index contributed by atoms with van der Waals surface area (Å²) in [6.45, 7) is 0.370. The van der Waals surface area contributed by atoms with Crippen LogP contribution in [0.5, 0.6) is 5.75 Å². The van der Waals surface area contributed by atoms with Gasteiger partial charge in [-0.05, 0) is 57.9 Å². The summed E-state index contributed by atoms with van der Waals surface area (Å²) in [6, 6.07) is 21.5. The van der Waals surface area contributed by atoms with Gasteiger partial charge in [-0.2, -0.15) is 0 Å². The monoisotopic (exact) mass is 438 g/mol. The van der Waals surface area contributed by atoms with E-state index in [2.05, 4.69) is 26.6 Å². The van der Waals surface area contributed by atoms with Crippen LogP contribution in [0.15, 0.2) is 77.3 Å². The van der Waals surface area contributed by atoms with Crippen molar-refractivity contribution >= 4 is 33.4 Å². The highest BCUT2D eigenvalue weighted by Crippen LogP contribution is 2.20. The van der Waals surface area contributed by atoms with Gasteiger partial charge in [-0.15, -0.1) is 0 Å². The van der Waals surface area contributed by atoms with Gasteiger partial charge in [-0.1, -0.05) is 36.4 Å². The first-order chi connectivity index (χ1) is 13.6. The molecule has 142 valence electrons. The van der Waals surface area contributed by atoms with E-state index in [1.54, 1.807) is 49.6 Å². The molecule has 2 N–H and O–H groups in total. The number of ether oxygens (including phenoxy) is 1. The maximum atomic E-state index is 12.7. The smallest absolute Gasteiger partial charge is 0.256 e. The summed E-state index contributed by atoms with van der Waals surface area (Å²) in [5.41, 5.74) is 2.30. The Morgan fingerprint density at radius 3 is 2.18 bits per heavy atom. The first kappa shape index (κ1) is 19.6. The van der Waals surface area contributed by atoms with Crippen LogP contribution in [0, 0.1) is 0 Å². The lowest BCUT2D eigenvalue weighted by Gasteiger charge is -2.12. The van der Waals surface area contributed by atoms with Crippen molar-refractivity contribution in [1.82, 2.24) is 5.32 Å². The predicted molar refractivity (Wildman–Crippen MR) is 113 cm³/mol. The van der Waals surface area contributed by atoms with Crippen molar-refractivity contribution in [2.24, 2.45) is 0 Å². The van der Waals surface area contributed by atoms with Gasteiger partial charge in [0.15, 0.2) is 0 Å². The molecular weight excluding hydrogens is 420 g/mol. The van der Waals surface area contributed by atoms with Gasteiger partial charge in [0.05, 0.1) is 23.9 Å². The Morgan fingerprint density at radius 1 is 0.857 bits per heavy atom. The third-order valence-corrected chi connectivity index (χ3v) is 4.84. The molecule has 3 aromatic rings. The highest BCUT2D eigenvalue weighted by atomic mass is 79.9. The van der Waals surface area contributed by atoms with E-state index in [1.165, 1.54) is 0 Å². The molecule has 6 heteroatoms. The molecule has 0 aliphatic rings. The summed E-state index contributed by atoms with van der Waals surface area (Å²) in [5.74, 6) is 0.205. The molecule has 5 nitrogen and oxygen atoms in total. The number of nitrogens with one attached hydrogen (secondary N) is 2. The lowest BCUT2D eigenvalue weighted by Crippen LogP contribution is -2.25. The fraction of sp³-hybridized carbons (Fsp3) is 0.0909. The number of amides is 2. The number of carbonyl (C=O) groups excluding carboxylic acids is 2. The molecule has 0 saturated carbocycles. The average molecular weight is 439 g/mol. The van der Waals surface area contributed by atoms with Crippen molar-refractivity contribution in [2.75, 3.05) is 12.4 Å². The molecule has 0 saturated heterocycles. The number of carbonyl (C=O) groups is 2. The van der Waals surface area contributed by atoms with E-state index >= 15 is 0 Å². The maximum Gasteiger partial charge on any atom is 0.256 e. The zero-order chi connectivity index (χ0) is 19.9. The van der Waals surface area contributed by atoms with E-state index in [-0.39, 0.29) is 11.8 Å². The summed E-state index contributed by atoms with van der Waals surface area (Å²) in [7, 11) is 1.61. The van der Waals surface area contributed by atoms with Crippen LogP contribution in [0.4, 0.5) is 5.69 Å². The molecule has 0 fully saturated rings. The van der Waals surface area contributed by atoms with E-state index < -0.39 is 0 Å². The Morgan fingerprint density at radius 2 is 1.50 bits per heavy atom. The summed E-state index contributed by atoms with van der Waals surface area (Å²) < 4.78 is 5.82. The highest BCUT2D eigenvalue weighted by molar-refractivity contribution is 9.10. The van der Waals surface area contributed by atoms with Gasteiger partial charge in [0.2, 0.25) is 0 Å². The van der Waals surface area contributed by atoms with Gasteiger partial charge in [0, 0.05) is 11.0 Å². The van der Waals surface area contributed by atoms with Crippen molar-refractivity contribution < 1.29 is 14.3 Å². The Hall–Kier alpha value is -3.12. The lowest BCUT2D eigenvalue weighted by molar-refractivity contribution is 0.0952. The molecule has 0 radical (unpaired) electrons. The molecule has 0 aliphatic heterocycles. The normalized spacial score (nSPS) is 10.2. The summed E-state index contributed by atoms with van der Waals surface area (Å²) in [5, 5.41) is 5.69. The van der Waals surface area contributed by atoms with E-state index in [9.17, 15) is 9.59 Å². The maximum absolute atomic E-state index is 12.7. The second-order valence-corrected chi connectivity index (χ2v) is 6.86. The second kappa shape index (κ2) is 9.19. The van der Waals surface area contributed by atoms with Gasteiger partial charge in [0.1, 0.15) is 5.75 Å². The molecule has 0 unspecified atom stereocenters. The number of rotatable bonds is 6. The molecule has 0 heterocycles. The van der Waals surface area contributed by atoms with Crippen molar-refractivity contribution in [3.8, 4) is 5.75 Å². The number of halogens is 1. The highest BCUT2D eigenvalue weighted by Gasteiger charge is 2.15. The van der Waals surface area contributed by atoms with Crippen LogP contribution in [0.25, 0.3) is 0 Å². The van der Waals surface area contributed by atoms with Crippen LogP contribution in [0.1, 0.15) is 26.3 Å². The van der Waals surface area contributed by atoms with Gasteiger partial charge in [-0.3, -0.25) is 9.59 Å². The lowest BCUT2D eigenvalue weighted by atomic mass is 10.1. The number of anilines is 1. The van der Waals surface area contributed by atoms with Crippen molar-refractivity contribution in [3.05, 3.63) is 94.0 Å². The number of hydrogen-bond acceptors (Lipinski definition) is 3. The van der Waals surface area contributed by atoms with E-state index in [1.807, 2.05) is 30.3 Å². The number of benzene rings is 3. The van der Waals surface area contributed by atoms with E-state index in [0.29, 0.717) is 27.8 Å². The molecule has 2 amide bonds. The zero-order valence-electron chi connectivity index (χ0n) is 15.2. The predicted octanol–water partition coefficient (Wildman–Crippen LogP) is 4.64. The summed E-state index contributed by atoms with van der Waals surface area (Å²) in [4.78, 5) is 25.2. The fourth-order valence-electron chi connectivity index (χ4n) is 2.65. The molecule has 0 atom stereocenters. The van der Waals surface area contributed by atoms with Crippen molar-refractivity contribution in [2.45, 2.75) is 6.54 Å². The first-order valence-electron chi connectivity index (χ1n) is 8.64. The minimum absolute atomic E-state index is 0.265. The van der Waals surface area contributed by atoms with Gasteiger partial charge in [0.25, 0.3) is 11.8 Å². The topological polar surface area (TPSA) is 67.4 Å².